The number of anilines is 1. The Kier molecular flexibility index (Phi) is 4.19. The summed E-state index contributed by atoms with van der Waals surface area (Å²) in [4.78, 5) is 12.2. The third-order valence-electron chi connectivity index (χ3n) is 3.02. The number of methoxy groups -OCH3 is 1. The van der Waals surface area contributed by atoms with E-state index in [4.69, 9.17) is 10.00 Å². The third-order valence-corrected chi connectivity index (χ3v) is 3.02. The second kappa shape index (κ2) is 6.06. The summed E-state index contributed by atoms with van der Waals surface area (Å²) in [6, 6.07) is 10.5. The minimum atomic E-state index is -0.526. The molecule has 5 heteroatoms. The number of halogens is 1. The molecule has 1 amide bonds. The first kappa shape index (κ1) is 14.5. The summed E-state index contributed by atoms with van der Waals surface area (Å²) in [7, 11) is 1.53. The highest BCUT2D eigenvalue weighted by Gasteiger charge is 2.11. The Morgan fingerprint density at radius 2 is 2.05 bits per heavy atom. The molecule has 0 aliphatic carbocycles. The van der Waals surface area contributed by atoms with Gasteiger partial charge in [-0.3, -0.25) is 4.79 Å². The molecular weight excluding hydrogens is 271 g/mol. The average molecular weight is 284 g/mol. The number of ether oxygens (including phenoxy) is 1. The monoisotopic (exact) mass is 284 g/mol. The average Bonchev–Trinajstić information content (AvgIpc) is 2.49. The molecule has 0 aliphatic rings. The zero-order valence-electron chi connectivity index (χ0n) is 11.6. The maximum atomic E-state index is 13.1. The zero-order chi connectivity index (χ0) is 15.4. The number of nitrogens with zero attached hydrogens (tertiary/aromatic N) is 1. The first-order valence-corrected chi connectivity index (χ1v) is 6.21. The van der Waals surface area contributed by atoms with Crippen molar-refractivity contribution in [2.45, 2.75) is 6.92 Å². The Hall–Kier alpha value is -2.87. The van der Waals surface area contributed by atoms with E-state index in [9.17, 15) is 9.18 Å². The van der Waals surface area contributed by atoms with Crippen molar-refractivity contribution in [3.05, 3.63) is 58.9 Å². The first-order chi connectivity index (χ1) is 10.0. The van der Waals surface area contributed by atoms with Gasteiger partial charge in [-0.2, -0.15) is 5.26 Å². The summed E-state index contributed by atoms with van der Waals surface area (Å²) < 4.78 is 18.2. The summed E-state index contributed by atoms with van der Waals surface area (Å²) in [6.45, 7) is 1.87. The van der Waals surface area contributed by atoms with Crippen LogP contribution in [0.2, 0.25) is 0 Å². The predicted molar refractivity (Wildman–Crippen MR) is 76.8 cm³/mol. The molecule has 106 valence electrons. The van der Waals surface area contributed by atoms with E-state index >= 15 is 0 Å². The summed E-state index contributed by atoms with van der Waals surface area (Å²) >= 11 is 0. The van der Waals surface area contributed by atoms with E-state index in [1.807, 2.05) is 13.0 Å². The molecule has 0 atom stereocenters. The van der Waals surface area contributed by atoms with Crippen molar-refractivity contribution in [3.63, 3.8) is 0 Å². The standard InChI is InChI=1S/C16H13FN2O2/c1-10-3-4-11(8-15(10)21-2)16(20)19-14-6-5-13(17)7-12(14)9-18/h3-8H,1-2H3,(H,19,20). The maximum absolute atomic E-state index is 13.1. The Morgan fingerprint density at radius 3 is 2.71 bits per heavy atom. The van der Waals surface area contributed by atoms with Crippen molar-refractivity contribution in [1.82, 2.24) is 0 Å². The summed E-state index contributed by atoms with van der Waals surface area (Å²) in [5, 5.41) is 11.5. The van der Waals surface area contributed by atoms with Crippen LogP contribution in [0.4, 0.5) is 10.1 Å². The minimum absolute atomic E-state index is 0.0717. The van der Waals surface area contributed by atoms with E-state index in [1.165, 1.54) is 19.2 Å². The number of hydrogen-bond acceptors (Lipinski definition) is 3. The zero-order valence-corrected chi connectivity index (χ0v) is 11.6. The van der Waals surface area contributed by atoms with Crippen LogP contribution < -0.4 is 10.1 Å². The van der Waals surface area contributed by atoms with Gasteiger partial charge >= 0.3 is 0 Å². The number of hydrogen-bond donors (Lipinski definition) is 1. The third kappa shape index (κ3) is 3.18. The fourth-order valence-electron chi connectivity index (χ4n) is 1.87. The van der Waals surface area contributed by atoms with Gasteiger partial charge in [0.1, 0.15) is 17.6 Å². The molecule has 0 saturated heterocycles. The minimum Gasteiger partial charge on any atom is -0.496 e. The summed E-state index contributed by atoms with van der Waals surface area (Å²) in [5.41, 5.74) is 1.64. The predicted octanol–water partition coefficient (Wildman–Crippen LogP) is 3.27. The molecule has 2 rings (SSSR count). The summed E-state index contributed by atoms with van der Waals surface area (Å²) in [5.74, 6) is -0.319. The van der Waals surface area contributed by atoms with Crippen molar-refractivity contribution in [2.24, 2.45) is 0 Å². The van der Waals surface area contributed by atoms with Crippen molar-refractivity contribution < 1.29 is 13.9 Å². The number of carbonyl (C=O) groups excluding carboxylic acids is 1. The molecule has 0 unspecified atom stereocenters. The highest BCUT2D eigenvalue weighted by atomic mass is 19.1. The van der Waals surface area contributed by atoms with Crippen LogP contribution >= 0.6 is 0 Å². The molecule has 0 aliphatic heterocycles. The maximum Gasteiger partial charge on any atom is 0.255 e. The molecule has 0 aromatic heterocycles. The lowest BCUT2D eigenvalue weighted by Gasteiger charge is -2.09. The fourth-order valence-corrected chi connectivity index (χ4v) is 1.87. The van der Waals surface area contributed by atoms with Gasteiger partial charge in [0.2, 0.25) is 0 Å². The van der Waals surface area contributed by atoms with Crippen molar-refractivity contribution in [2.75, 3.05) is 12.4 Å². The van der Waals surface area contributed by atoms with Gasteiger partial charge in [-0.1, -0.05) is 6.07 Å². The normalized spacial score (nSPS) is 9.81. The molecule has 2 aromatic carbocycles. The van der Waals surface area contributed by atoms with Gasteiger partial charge in [0.25, 0.3) is 5.91 Å². The van der Waals surface area contributed by atoms with Gasteiger partial charge in [0.05, 0.1) is 18.4 Å². The van der Waals surface area contributed by atoms with Gasteiger partial charge < -0.3 is 10.1 Å². The first-order valence-electron chi connectivity index (χ1n) is 6.21. The van der Waals surface area contributed by atoms with Gasteiger partial charge in [-0.15, -0.1) is 0 Å². The molecular formula is C16H13FN2O2. The number of aryl methyl sites for hydroxylation is 1. The molecule has 21 heavy (non-hydrogen) atoms. The number of nitriles is 1. The Morgan fingerprint density at radius 1 is 1.29 bits per heavy atom. The Labute approximate surface area is 121 Å². The quantitative estimate of drug-likeness (QED) is 0.941. The molecule has 0 radical (unpaired) electrons. The van der Waals surface area contributed by atoms with Crippen LogP contribution in [-0.2, 0) is 0 Å². The van der Waals surface area contributed by atoms with Crippen LogP contribution in [0.3, 0.4) is 0 Å². The van der Waals surface area contributed by atoms with Crippen LogP contribution in [0.25, 0.3) is 0 Å². The lowest BCUT2D eigenvalue weighted by molar-refractivity contribution is 0.102. The number of nitrogens with one attached hydrogen (secondary N) is 1. The van der Waals surface area contributed by atoms with Crippen LogP contribution in [0.1, 0.15) is 21.5 Å². The number of carbonyl (C=O) groups is 1. The second-order valence-electron chi connectivity index (χ2n) is 4.44. The second-order valence-corrected chi connectivity index (χ2v) is 4.44. The van der Waals surface area contributed by atoms with E-state index in [-0.39, 0.29) is 11.3 Å². The number of amides is 1. The van der Waals surface area contributed by atoms with Crippen LogP contribution in [-0.4, -0.2) is 13.0 Å². The van der Waals surface area contributed by atoms with E-state index in [1.54, 1.807) is 18.2 Å². The molecule has 1 N–H and O–H groups in total. The van der Waals surface area contributed by atoms with Crippen molar-refractivity contribution >= 4 is 11.6 Å². The van der Waals surface area contributed by atoms with Gasteiger partial charge in [0, 0.05) is 5.56 Å². The highest BCUT2D eigenvalue weighted by molar-refractivity contribution is 6.05. The molecule has 0 heterocycles. The largest absolute Gasteiger partial charge is 0.496 e. The van der Waals surface area contributed by atoms with E-state index in [2.05, 4.69) is 5.32 Å². The smallest absolute Gasteiger partial charge is 0.255 e. The Balaban J connectivity index is 2.28. The molecule has 4 nitrogen and oxygen atoms in total. The molecule has 0 fully saturated rings. The summed E-state index contributed by atoms with van der Waals surface area (Å²) in [6.07, 6.45) is 0. The van der Waals surface area contributed by atoms with Crippen LogP contribution in [0.5, 0.6) is 5.75 Å². The van der Waals surface area contributed by atoms with Crippen molar-refractivity contribution in [1.29, 1.82) is 5.26 Å². The topological polar surface area (TPSA) is 62.1 Å². The van der Waals surface area contributed by atoms with Gasteiger partial charge in [0.15, 0.2) is 0 Å². The number of rotatable bonds is 3. The molecule has 2 aromatic rings. The SMILES string of the molecule is COc1cc(C(=O)Nc2ccc(F)cc2C#N)ccc1C. The van der Waals surface area contributed by atoms with Gasteiger partial charge in [-0.05, 0) is 42.8 Å². The number of benzene rings is 2. The Bertz CT molecular complexity index is 736. The van der Waals surface area contributed by atoms with E-state index in [0.717, 1.165) is 11.6 Å². The van der Waals surface area contributed by atoms with Crippen LogP contribution in [0, 0.1) is 24.1 Å². The van der Waals surface area contributed by atoms with E-state index in [0.29, 0.717) is 11.3 Å². The van der Waals surface area contributed by atoms with Crippen molar-refractivity contribution in [3.8, 4) is 11.8 Å². The van der Waals surface area contributed by atoms with Crippen LogP contribution in [0.15, 0.2) is 36.4 Å². The molecule has 0 bridgehead atoms. The fraction of sp³-hybridized carbons (Fsp3) is 0.125. The van der Waals surface area contributed by atoms with Gasteiger partial charge in [-0.25, -0.2) is 4.39 Å². The lowest BCUT2D eigenvalue weighted by Crippen LogP contribution is -2.13. The molecule has 0 saturated carbocycles. The molecule has 0 spiro atoms. The lowest BCUT2D eigenvalue weighted by atomic mass is 10.1. The highest BCUT2D eigenvalue weighted by Crippen LogP contribution is 2.21. The van der Waals surface area contributed by atoms with E-state index < -0.39 is 11.7 Å².